The molecule has 0 aromatic heterocycles. The van der Waals surface area contributed by atoms with Crippen LogP contribution in [0.4, 0.5) is 0 Å². The number of aromatic hydroxyl groups is 1. The highest BCUT2D eigenvalue weighted by atomic mass is 16.7. The van der Waals surface area contributed by atoms with Gasteiger partial charge in [0.05, 0.1) is 17.8 Å². The molecule has 2 heterocycles. The average molecular weight is 262 g/mol. The summed E-state index contributed by atoms with van der Waals surface area (Å²) in [4.78, 5) is 0. The lowest BCUT2D eigenvalue weighted by molar-refractivity contribution is 0.00578. The van der Waals surface area contributed by atoms with Gasteiger partial charge >= 0.3 is 7.12 Å². The van der Waals surface area contributed by atoms with Crippen molar-refractivity contribution < 1.29 is 19.2 Å². The third kappa shape index (κ3) is 1.83. The Balaban J connectivity index is 1.97. The number of rotatable bonds is 1. The van der Waals surface area contributed by atoms with E-state index in [0.717, 1.165) is 17.7 Å². The standard InChI is InChI=1S/C14H19BO4/c1-13(2)14(3,4)19-15(18-13)10-5-6-11-9(12(10)16)7-8-17-11/h5-6,16H,7-8H2,1-4H3. The molecule has 0 amide bonds. The third-order valence-corrected chi connectivity index (χ3v) is 4.39. The van der Waals surface area contributed by atoms with Gasteiger partial charge in [-0.3, -0.25) is 0 Å². The molecule has 4 nitrogen and oxygen atoms in total. The van der Waals surface area contributed by atoms with E-state index in [0.29, 0.717) is 12.1 Å². The maximum atomic E-state index is 10.4. The summed E-state index contributed by atoms with van der Waals surface area (Å²) < 4.78 is 17.4. The molecule has 19 heavy (non-hydrogen) atoms. The number of fused-ring (bicyclic) bond motifs is 1. The first-order valence-corrected chi connectivity index (χ1v) is 6.65. The van der Waals surface area contributed by atoms with E-state index < -0.39 is 18.3 Å². The summed E-state index contributed by atoms with van der Waals surface area (Å²) in [5.41, 5.74) is 0.731. The Morgan fingerprint density at radius 1 is 1.11 bits per heavy atom. The van der Waals surface area contributed by atoms with Crippen molar-refractivity contribution in [3.8, 4) is 11.5 Å². The number of hydrogen-bond donors (Lipinski definition) is 1. The van der Waals surface area contributed by atoms with E-state index in [4.69, 9.17) is 14.0 Å². The third-order valence-electron chi connectivity index (χ3n) is 4.39. The number of ether oxygens (including phenoxy) is 1. The quantitative estimate of drug-likeness (QED) is 0.781. The molecular weight excluding hydrogens is 243 g/mol. The molecule has 0 radical (unpaired) electrons. The Kier molecular flexibility index (Phi) is 2.63. The SMILES string of the molecule is CC1(C)OB(c2ccc3c(c2O)CCO3)OC1(C)C. The molecule has 102 valence electrons. The molecule has 1 aromatic carbocycles. The largest absolute Gasteiger partial charge is 0.508 e. The Hall–Kier alpha value is -1.20. The predicted molar refractivity (Wildman–Crippen MR) is 73.0 cm³/mol. The van der Waals surface area contributed by atoms with Gasteiger partial charge in [-0.25, -0.2) is 0 Å². The first-order valence-electron chi connectivity index (χ1n) is 6.65. The van der Waals surface area contributed by atoms with Crippen LogP contribution in [-0.2, 0) is 15.7 Å². The van der Waals surface area contributed by atoms with Gasteiger partial charge in [-0.1, -0.05) is 6.07 Å². The minimum Gasteiger partial charge on any atom is -0.508 e. The molecule has 2 aliphatic heterocycles. The van der Waals surface area contributed by atoms with Crippen molar-refractivity contribution in [1.29, 1.82) is 0 Å². The van der Waals surface area contributed by atoms with Crippen LogP contribution in [0.2, 0.25) is 0 Å². The van der Waals surface area contributed by atoms with E-state index in [9.17, 15) is 5.11 Å². The Morgan fingerprint density at radius 2 is 1.74 bits per heavy atom. The monoisotopic (exact) mass is 262 g/mol. The predicted octanol–water partition coefficient (Wildman–Crippen LogP) is 1.63. The van der Waals surface area contributed by atoms with Gasteiger partial charge in [0.15, 0.2) is 0 Å². The van der Waals surface area contributed by atoms with Gasteiger partial charge < -0.3 is 19.2 Å². The minimum atomic E-state index is -0.532. The highest BCUT2D eigenvalue weighted by molar-refractivity contribution is 6.63. The molecule has 1 fully saturated rings. The minimum absolute atomic E-state index is 0.244. The molecule has 1 aromatic rings. The normalized spacial score (nSPS) is 23.3. The van der Waals surface area contributed by atoms with Crippen molar-refractivity contribution in [2.75, 3.05) is 6.61 Å². The van der Waals surface area contributed by atoms with E-state index in [2.05, 4.69) is 0 Å². The summed E-state index contributed by atoms with van der Waals surface area (Å²) in [6.07, 6.45) is 0.731. The summed E-state index contributed by atoms with van der Waals surface area (Å²) >= 11 is 0. The fourth-order valence-electron chi connectivity index (χ4n) is 2.44. The van der Waals surface area contributed by atoms with Gasteiger partial charge in [0.2, 0.25) is 0 Å². The van der Waals surface area contributed by atoms with Crippen LogP contribution in [0.15, 0.2) is 12.1 Å². The molecule has 3 rings (SSSR count). The maximum absolute atomic E-state index is 10.4. The second-order valence-electron chi connectivity index (χ2n) is 6.17. The molecule has 0 bridgehead atoms. The van der Waals surface area contributed by atoms with Crippen LogP contribution in [-0.4, -0.2) is 30.0 Å². The van der Waals surface area contributed by atoms with Gasteiger partial charge in [0.25, 0.3) is 0 Å². The van der Waals surface area contributed by atoms with Crippen LogP contribution >= 0.6 is 0 Å². The fraction of sp³-hybridized carbons (Fsp3) is 0.571. The Labute approximate surface area is 113 Å². The lowest BCUT2D eigenvalue weighted by atomic mass is 9.77. The average Bonchev–Trinajstić information content (AvgIpc) is 2.83. The van der Waals surface area contributed by atoms with Crippen molar-refractivity contribution >= 4 is 12.6 Å². The van der Waals surface area contributed by atoms with E-state index in [1.54, 1.807) is 0 Å². The molecule has 0 aliphatic carbocycles. The molecule has 2 aliphatic rings. The van der Waals surface area contributed by atoms with Crippen molar-refractivity contribution in [2.24, 2.45) is 0 Å². The zero-order valence-electron chi connectivity index (χ0n) is 11.8. The van der Waals surface area contributed by atoms with Crippen molar-refractivity contribution in [2.45, 2.75) is 45.3 Å². The van der Waals surface area contributed by atoms with Crippen LogP contribution in [0.3, 0.4) is 0 Å². The summed E-state index contributed by atoms with van der Waals surface area (Å²) in [6.45, 7) is 8.62. The van der Waals surface area contributed by atoms with Crippen LogP contribution in [0.25, 0.3) is 0 Å². The van der Waals surface area contributed by atoms with Crippen LogP contribution in [0.1, 0.15) is 33.3 Å². The van der Waals surface area contributed by atoms with Crippen LogP contribution in [0, 0.1) is 0 Å². The van der Waals surface area contributed by atoms with Gasteiger partial charge in [-0.15, -0.1) is 0 Å². The molecule has 0 saturated carbocycles. The van der Waals surface area contributed by atoms with Gasteiger partial charge in [-0.2, -0.15) is 0 Å². The number of benzene rings is 1. The molecule has 0 unspecified atom stereocenters. The molecule has 0 atom stereocenters. The van der Waals surface area contributed by atoms with E-state index in [1.165, 1.54) is 0 Å². The van der Waals surface area contributed by atoms with Gasteiger partial charge in [0, 0.05) is 17.4 Å². The van der Waals surface area contributed by atoms with E-state index >= 15 is 0 Å². The number of phenolic OH excluding ortho intramolecular Hbond substituents is 1. The van der Waals surface area contributed by atoms with Crippen molar-refractivity contribution in [1.82, 2.24) is 0 Å². The summed E-state index contributed by atoms with van der Waals surface area (Å²) in [5, 5.41) is 10.4. The molecule has 5 heteroatoms. The summed E-state index contributed by atoms with van der Waals surface area (Å²) in [7, 11) is -0.532. The lowest BCUT2D eigenvalue weighted by Crippen LogP contribution is -2.41. The zero-order chi connectivity index (χ0) is 13.8. The Morgan fingerprint density at radius 3 is 2.37 bits per heavy atom. The summed E-state index contributed by atoms with van der Waals surface area (Å²) in [6, 6.07) is 3.70. The highest BCUT2D eigenvalue weighted by Gasteiger charge is 2.52. The second kappa shape index (κ2) is 3.90. The molecule has 0 spiro atoms. The zero-order valence-corrected chi connectivity index (χ0v) is 11.8. The molecule has 1 saturated heterocycles. The number of hydrogen-bond acceptors (Lipinski definition) is 4. The van der Waals surface area contributed by atoms with Gasteiger partial charge in [-0.05, 0) is 33.8 Å². The fourth-order valence-corrected chi connectivity index (χ4v) is 2.44. The van der Waals surface area contributed by atoms with Crippen molar-refractivity contribution in [3.05, 3.63) is 17.7 Å². The van der Waals surface area contributed by atoms with Crippen LogP contribution in [0.5, 0.6) is 11.5 Å². The van der Waals surface area contributed by atoms with Crippen molar-refractivity contribution in [3.63, 3.8) is 0 Å². The van der Waals surface area contributed by atoms with E-state index in [1.807, 2.05) is 39.8 Å². The van der Waals surface area contributed by atoms with Gasteiger partial charge in [0.1, 0.15) is 11.5 Å². The lowest BCUT2D eigenvalue weighted by Gasteiger charge is -2.32. The van der Waals surface area contributed by atoms with E-state index in [-0.39, 0.29) is 5.75 Å². The van der Waals surface area contributed by atoms with Crippen LogP contribution < -0.4 is 10.2 Å². The number of phenols is 1. The first kappa shape index (κ1) is 12.8. The smallest absolute Gasteiger partial charge is 0.498 e. The highest BCUT2D eigenvalue weighted by Crippen LogP contribution is 2.38. The molecular formula is C14H19BO4. The maximum Gasteiger partial charge on any atom is 0.498 e. The Bertz CT molecular complexity index is 508. The molecule has 1 N–H and O–H groups in total. The topological polar surface area (TPSA) is 47.9 Å². The first-order chi connectivity index (χ1) is 8.82. The second-order valence-corrected chi connectivity index (χ2v) is 6.17. The summed E-state index contributed by atoms with van der Waals surface area (Å²) in [5.74, 6) is 1.01.